The molecule has 0 saturated carbocycles. The normalized spacial score (nSPS) is 19.0. The molecule has 1 aromatic rings. The summed E-state index contributed by atoms with van der Waals surface area (Å²) in [5.74, 6) is -1.88. The first-order valence-corrected chi connectivity index (χ1v) is 6.89. The average Bonchev–Trinajstić information content (AvgIpc) is 2.52. The van der Waals surface area contributed by atoms with E-state index in [-0.39, 0.29) is 12.1 Å². The van der Waals surface area contributed by atoms with Crippen LogP contribution in [-0.4, -0.2) is 23.1 Å². The largest absolute Gasteiger partial charge is 0.444 e. The van der Waals surface area contributed by atoms with Crippen molar-refractivity contribution in [1.82, 2.24) is 4.90 Å². The number of hydrogen-bond acceptors (Lipinski definition) is 3. The molecular weight excluding hydrogens is 278 g/mol. The quantitative estimate of drug-likeness (QED) is 0.800. The van der Waals surface area contributed by atoms with Gasteiger partial charge in [-0.1, -0.05) is 6.07 Å². The summed E-state index contributed by atoms with van der Waals surface area (Å²) in [6.45, 7) is 5.56. The molecule has 2 N–H and O–H groups in total. The van der Waals surface area contributed by atoms with Crippen LogP contribution in [0.4, 0.5) is 13.6 Å². The molecule has 21 heavy (non-hydrogen) atoms. The summed E-state index contributed by atoms with van der Waals surface area (Å²) in [6.07, 6.45) is -0.0802. The predicted molar refractivity (Wildman–Crippen MR) is 74.5 cm³/mol. The van der Waals surface area contributed by atoms with Crippen LogP contribution in [0.1, 0.15) is 44.4 Å². The van der Waals surface area contributed by atoms with Crippen molar-refractivity contribution >= 4 is 6.09 Å². The van der Waals surface area contributed by atoms with Gasteiger partial charge in [0.15, 0.2) is 11.6 Å². The second-order valence-corrected chi connectivity index (χ2v) is 6.23. The molecule has 116 valence electrons. The molecule has 0 fully saturated rings. The van der Waals surface area contributed by atoms with E-state index in [1.54, 1.807) is 20.8 Å². The van der Waals surface area contributed by atoms with Gasteiger partial charge < -0.3 is 15.4 Å². The van der Waals surface area contributed by atoms with Gasteiger partial charge in [-0.25, -0.2) is 13.6 Å². The second-order valence-electron chi connectivity index (χ2n) is 6.23. The summed E-state index contributed by atoms with van der Waals surface area (Å²) < 4.78 is 32.7. The number of nitrogens with zero attached hydrogens (tertiary/aromatic N) is 1. The van der Waals surface area contributed by atoms with Gasteiger partial charge >= 0.3 is 6.09 Å². The van der Waals surface area contributed by atoms with Crippen LogP contribution in [0, 0.1) is 11.6 Å². The number of carbonyl (C=O) groups excluding carboxylic acids is 1. The fraction of sp³-hybridized carbons (Fsp3) is 0.533. The molecule has 4 nitrogen and oxygen atoms in total. The second kappa shape index (κ2) is 5.60. The van der Waals surface area contributed by atoms with E-state index in [4.69, 9.17) is 10.5 Å². The van der Waals surface area contributed by atoms with Gasteiger partial charge in [-0.2, -0.15) is 0 Å². The number of fused-ring (bicyclic) bond motifs is 1. The van der Waals surface area contributed by atoms with Crippen molar-refractivity contribution in [3.05, 3.63) is 34.9 Å². The van der Waals surface area contributed by atoms with Crippen LogP contribution >= 0.6 is 0 Å². The fourth-order valence-electron chi connectivity index (χ4n) is 2.32. The van der Waals surface area contributed by atoms with Crippen molar-refractivity contribution in [2.24, 2.45) is 5.73 Å². The van der Waals surface area contributed by atoms with Gasteiger partial charge in [-0.15, -0.1) is 0 Å². The lowest BCUT2D eigenvalue weighted by Crippen LogP contribution is -2.36. The standard InChI is InChI=1S/C15H20F2N2O2/c1-15(2,3)21-14(20)19-7-6-12(18)9-4-5-11(16)13(17)10(9)8-19/h4-5,12H,6-8,18H2,1-3H3. The van der Waals surface area contributed by atoms with E-state index in [2.05, 4.69) is 0 Å². The molecule has 6 heteroatoms. The maximum absolute atomic E-state index is 14.0. The summed E-state index contributed by atoms with van der Waals surface area (Å²) in [4.78, 5) is 13.5. The van der Waals surface area contributed by atoms with E-state index in [0.717, 1.165) is 6.07 Å². The lowest BCUT2D eigenvalue weighted by atomic mass is 9.99. The van der Waals surface area contributed by atoms with E-state index in [0.29, 0.717) is 18.5 Å². The smallest absolute Gasteiger partial charge is 0.410 e. The fourth-order valence-corrected chi connectivity index (χ4v) is 2.32. The van der Waals surface area contributed by atoms with Gasteiger partial charge in [0.25, 0.3) is 0 Å². The molecular formula is C15H20F2N2O2. The molecule has 1 amide bonds. The van der Waals surface area contributed by atoms with Crippen LogP contribution in [0.2, 0.25) is 0 Å². The molecule has 0 bridgehead atoms. The van der Waals surface area contributed by atoms with Gasteiger partial charge in [0, 0.05) is 18.2 Å². The van der Waals surface area contributed by atoms with Crippen LogP contribution in [-0.2, 0) is 11.3 Å². The lowest BCUT2D eigenvalue weighted by Gasteiger charge is -2.26. The predicted octanol–water partition coefficient (Wildman–Crippen LogP) is 3.11. The van der Waals surface area contributed by atoms with Crippen molar-refractivity contribution in [3.8, 4) is 0 Å². The Morgan fingerprint density at radius 1 is 1.38 bits per heavy atom. The van der Waals surface area contributed by atoms with Crippen LogP contribution in [0.25, 0.3) is 0 Å². The Balaban J connectivity index is 2.30. The minimum atomic E-state index is -0.946. The minimum Gasteiger partial charge on any atom is -0.444 e. The molecule has 0 aliphatic carbocycles. The number of ether oxygens (including phenoxy) is 1. The number of rotatable bonds is 0. The zero-order valence-corrected chi connectivity index (χ0v) is 12.5. The third-order valence-corrected chi connectivity index (χ3v) is 3.34. The summed E-state index contributed by atoms with van der Waals surface area (Å²) in [7, 11) is 0. The molecule has 1 aliphatic heterocycles. The first-order chi connectivity index (χ1) is 9.69. The summed E-state index contributed by atoms with van der Waals surface area (Å²) in [5, 5.41) is 0. The topological polar surface area (TPSA) is 55.6 Å². The summed E-state index contributed by atoms with van der Waals surface area (Å²) in [5.41, 5.74) is 6.02. The van der Waals surface area contributed by atoms with Crippen molar-refractivity contribution in [3.63, 3.8) is 0 Å². The Morgan fingerprint density at radius 2 is 2.05 bits per heavy atom. The molecule has 1 atom stereocenters. The monoisotopic (exact) mass is 298 g/mol. The Bertz CT molecular complexity index is 555. The number of carbonyl (C=O) groups is 1. The Labute approximate surface area is 122 Å². The molecule has 0 aromatic heterocycles. The molecule has 0 saturated heterocycles. The van der Waals surface area contributed by atoms with Gasteiger partial charge in [0.2, 0.25) is 0 Å². The number of amides is 1. The van der Waals surface area contributed by atoms with E-state index in [1.165, 1.54) is 11.0 Å². The Kier molecular flexibility index (Phi) is 4.18. The highest BCUT2D eigenvalue weighted by atomic mass is 19.2. The number of nitrogens with two attached hydrogens (primary N) is 1. The molecule has 1 heterocycles. The van der Waals surface area contributed by atoms with Crippen LogP contribution in [0.5, 0.6) is 0 Å². The Hall–Kier alpha value is -1.69. The average molecular weight is 298 g/mol. The minimum absolute atomic E-state index is 0.0401. The van der Waals surface area contributed by atoms with Crippen LogP contribution < -0.4 is 5.73 Å². The van der Waals surface area contributed by atoms with Crippen molar-refractivity contribution in [1.29, 1.82) is 0 Å². The van der Waals surface area contributed by atoms with Gasteiger partial charge in [0.1, 0.15) is 5.60 Å². The third kappa shape index (κ3) is 3.50. The molecule has 0 radical (unpaired) electrons. The SMILES string of the molecule is CC(C)(C)OC(=O)N1CCC(N)c2ccc(F)c(F)c2C1. The van der Waals surface area contributed by atoms with Gasteiger partial charge in [-0.05, 0) is 38.8 Å². The number of hydrogen-bond donors (Lipinski definition) is 1. The highest BCUT2D eigenvalue weighted by Crippen LogP contribution is 2.29. The third-order valence-electron chi connectivity index (χ3n) is 3.34. The van der Waals surface area contributed by atoms with Crippen molar-refractivity contribution < 1.29 is 18.3 Å². The maximum Gasteiger partial charge on any atom is 0.410 e. The molecule has 0 spiro atoms. The molecule has 2 rings (SSSR count). The van der Waals surface area contributed by atoms with Gasteiger partial charge in [-0.3, -0.25) is 0 Å². The maximum atomic E-state index is 14.0. The molecule has 1 aromatic carbocycles. The van der Waals surface area contributed by atoms with E-state index in [1.807, 2.05) is 0 Å². The zero-order valence-electron chi connectivity index (χ0n) is 12.5. The van der Waals surface area contributed by atoms with E-state index < -0.39 is 29.4 Å². The van der Waals surface area contributed by atoms with Crippen LogP contribution in [0.3, 0.4) is 0 Å². The highest BCUT2D eigenvalue weighted by Gasteiger charge is 2.29. The van der Waals surface area contributed by atoms with Crippen molar-refractivity contribution in [2.45, 2.75) is 45.4 Å². The molecule has 1 unspecified atom stereocenters. The molecule has 1 aliphatic rings. The summed E-state index contributed by atoms with van der Waals surface area (Å²) in [6, 6.07) is 2.12. The first kappa shape index (κ1) is 15.7. The first-order valence-electron chi connectivity index (χ1n) is 6.89. The summed E-state index contributed by atoms with van der Waals surface area (Å²) >= 11 is 0. The number of benzene rings is 1. The Morgan fingerprint density at radius 3 is 2.67 bits per heavy atom. The van der Waals surface area contributed by atoms with Crippen LogP contribution in [0.15, 0.2) is 12.1 Å². The van der Waals surface area contributed by atoms with Gasteiger partial charge in [0.05, 0.1) is 6.54 Å². The van der Waals surface area contributed by atoms with E-state index in [9.17, 15) is 13.6 Å². The van der Waals surface area contributed by atoms with E-state index >= 15 is 0 Å². The highest BCUT2D eigenvalue weighted by molar-refractivity contribution is 5.68. The zero-order chi connectivity index (χ0) is 15.8. The van der Waals surface area contributed by atoms with Crippen molar-refractivity contribution in [2.75, 3.05) is 6.54 Å². The number of halogens is 2. The lowest BCUT2D eigenvalue weighted by molar-refractivity contribution is 0.0233.